The van der Waals surface area contributed by atoms with Crippen LogP contribution < -0.4 is 9.47 Å². The molecule has 0 spiro atoms. The molecule has 1 aromatic heterocycles. The number of carbonyl (C=O) groups is 1. The largest absolute Gasteiger partial charge is 0.497 e. The number of halogens is 1. The number of aryl methyl sites for hydroxylation is 1. The molecule has 0 radical (unpaired) electrons. The number of para-hydroxylation sites is 1. The Hall–Kier alpha value is -4.17. The summed E-state index contributed by atoms with van der Waals surface area (Å²) in [7, 11) is 4.87. The van der Waals surface area contributed by atoms with E-state index in [1.165, 1.54) is 6.07 Å². The summed E-state index contributed by atoms with van der Waals surface area (Å²) in [5.74, 6) is 0.312. The van der Waals surface area contributed by atoms with E-state index in [2.05, 4.69) is 5.10 Å². The van der Waals surface area contributed by atoms with Crippen molar-refractivity contribution in [3.63, 3.8) is 0 Å². The van der Waals surface area contributed by atoms with Crippen LogP contribution in [0.25, 0.3) is 11.3 Å². The van der Waals surface area contributed by atoms with Gasteiger partial charge in [-0.1, -0.05) is 48.5 Å². The van der Waals surface area contributed by atoms with Crippen LogP contribution in [0, 0.1) is 5.82 Å². The maximum absolute atomic E-state index is 14.5. The number of carbonyl (C=O) groups excluding carboxylic acids is 1. The molecule has 0 fully saturated rings. The average molecular weight is 490 g/mol. The van der Waals surface area contributed by atoms with E-state index in [0.29, 0.717) is 41.6 Å². The van der Waals surface area contributed by atoms with E-state index < -0.39 is 5.82 Å². The minimum atomic E-state index is -0.491. The highest BCUT2D eigenvalue weighted by atomic mass is 19.1. The molecule has 1 heterocycles. The van der Waals surface area contributed by atoms with Gasteiger partial charge in [0.15, 0.2) is 11.6 Å². The van der Waals surface area contributed by atoms with Gasteiger partial charge in [0.2, 0.25) is 5.88 Å². The summed E-state index contributed by atoms with van der Waals surface area (Å²) < 4.78 is 32.7. The van der Waals surface area contributed by atoms with E-state index >= 15 is 0 Å². The molecule has 0 saturated carbocycles. The molecule has 186 valence electrons. The monoisotopic (exact) mass is 489 g/mol. The molecule has 0 N–H and O–H groups in total. The number of methoxy groups -OCH3 is 2. The lowest BCUT2D eigenvalue weighted by Crippen LogP contribution is -2.33. The molecule has 0 aliphatic rings. The molecule has 0 aliphatic heterocycles. The van der Waals surface area contributed by atoms with Crippen LogP contribution in [0.15, 0.2) is 78.9 Å². The number of hydrogen-bond donors (Lipinski definition) is 0. The fourth-order valence-corrected chi connectivity index (χ4v) is 3.87. The van der Waals surface area contributed by atoms with Crippen molar-refractivity contribution in [1.29, 1.82) is 0 Å². The molecule has 0 aliphatic carbocycles. The highest BCUT2D eigenvalue weighted by molar-refractivity contribution is 5.94. The van der Waals surface area contributed by atoms with Crippen LogP contribution in [0.5, 0.6) is 17.4 Å². The van der Waals surface area contributed by atoms with Crippen molar-refractivity contribution in [2.75, 3.05) is 27.4 Å². The third-order valence-corrected chi connectivity index (χ3v) is 5.70. The zero-order chi connectivity index (χ0) is 25.5. The van der Waals surface area contributed by atoms with Crippen molar-refractivity contribution in [3.05, 3.63) is 95.8 Å². The molecule has 0 atom stereocenters. The van der Waals surface area contributed by atoms with Gasteiger partial charge < -0.3 is 19.1 Å². The quantitative estimate of drug-likeness (QED) is 0.302. The van der Waals surface area contributed by atoms with Crippen molar-refractivity contribution in [1.82, 2.24) is 14.7 Å². The molecule has 0 bridgehead atoms. The van der Waals surface area contributed by atoms with E-state index in [0.717, 1.165) is 5.56 Å². The predicted octanol–water partition coefficient (Wildman–Crippen LogP) is 5.32. The third-order valence-electron chi connectivity index (χ3n) is 5.70. The van der Waals surface area contributed by atoms with E-state index in [-0.39, 0.29) is 18.2 Å². The first kappa shape index (κ1) is 24.9. The van der Waals surface area contributed by atoms with Crippen molar-refractivity contribution < 1.29 is 23.4 Å². The van der Waals surface area contributed by atoms with Gasteiger partial charge in [0, 0.05) is 31.8 Å². The molecule has 1 amide bonds. The van der Waals surface area contributed by atoms with Crippen LogP contribution in [0.2, 0.25) is 0 Å². The number of hydrogen-bond acceptors (Lipinski definition) is 5. The van der Waals surface area contributed by atoms with Gasteiger partial charge in [-0.25, -0.2) is 9.07 Å². The fourth-order valence-electron chi connectivity index (χ4n) is 3.87. The number of ether oxygens (including phenoxy) is 3. The second-order valence-corrected chi connectivity index (χ2v) is 8.11. The van der Waals surface area contributed by atoms with Crippen molar-refractivity contribution in [3.8, 4) is 28.6 Å². The standard InChI is InChI=1S/C28H28FN3O4/c1-31-28(36-25-15-8-7-14-24(25)29)23(26(30-31)20-10-5-4-6-11-20)19-32(16-17-34-2)27(33)21-12-9-13-22(18-21)35-3/h4-15,18H,16-17,19H2,1-3H3. The van der Waals surface area contributed by atoms with Crippen LogP contribution in [-0.2, 0) is 18.3 Å². The number of nitrogens with zero attached hydrogens (tertiary/aromatic N) is 3. The average Bonchev–Trinajstić information content (AvgIpc) is 3.22. The predicted molar refractivity (Wildman–Crippen MR) is 135 cm³/mol. The Morgan fingerprint density at radius 3 is 2.47 bits per heavy atom. The van der Waals surface area contributed by atoms with Gasteiger partial charge in [0.25, 0.3) is 5.91 Å². The molecular weight excluding hydrogens is 461 g/mol. The second kappa shape index (κ2) is 11.5. The topological polar surface area (TPSA) is 65.8 Å². The SMILES string of the molecule is COCCN(Cc1c(-c2ccccc2)nn(C)c1Oc1ccccc1F)C(=O)c1cccc(OC)c1. The zero-order valence-corrected chi connectivity index (χ0v) is 20.5. The number of amides is 1. The highest BCUT2D eigenvalue weighted by Gasteiger charge is 2.25. The molecule has 0 unspecified atom stereocenters. The van der Waals surface area contributed by atoms with Gasteiger partial charge in [-0.3, -0.25) is 4.79 Å². The lowest BCUT2D eigenvalue weighted by Gasteiger charge is -2.23. The van der Waals surface area contributed by atoms with E-state index in [1.54, 1.807) is 73.3 Å². The molecule has 0 saturated heterocycles. The first-order valence-corrected chi connectivity index (χ1v) is 11.5. The summed E-state index contributed by atoms with van der Waals surface area (Å²) in [4.78, 5) is 15.3. The first-order chi connectivity index (χ1) is 17.5. The molecule has 3 aromatic carbocycles. The summed E-state index contributed by atoms with van der Waals surface area (Å²) >= 11 is 0. The fraction of sp³-hybridized carbons (Fsp3) is 0.214. The van der Waals surface area contributed by atoms with Crippen LogP contribution in [-0.4, -0.2) is 48.0 Å². The Labute approximate surface area is 209 Å². The maximum atomic E-state index is 14.5. The van der Waals surface area contributed by atoms with Gasteiger partial charge in [-0.2, -0.15) is 5.10 Å². The smallest absolute Gasteiger partial charge is 0.254 e. The molecule has 7 nitrogen and oxygen atoms in total. The van der Waals surface area contributed by atoms with Gasteiger partial charge in [-0.15, -0.1) is 0 Å². The van der Waals surface area contributed by atoms with Crippen LogP contribution in [0.4, 0.5) is 4.39 Å². The maximum Gasteiger partial charge on any atom is 0.254 e. The third kappa shape index (κ3) is 5.55. The zero-order valence-electron chi connectivity index (χ0n) is 20.5. The minimum absolute atomic E-state index is 0.0731. The summed E-state index contributed by atoms with van der Waals surface area (Å²) in [6.07, 6.45) is 0. The van der Waals surface area contributed by atoms with Gasteiger partial charge in [0.1, 0.15) is 11.4 Å². The lowest BCUT2D eigenvalue weighted by molar-refractivity contribution is 0.0679. The molecule has 8 heteroatoms. The highest BCUT2D eigenvalue weighted by Crippen LogP contribution is 2.35. The molecule has 4 rings (SSSR count). The first-order valence-electron chi connectivity index (χ1n) is 11.5. The summed E-state index contributed by atoms with van der Waals surface area (Å²) in [6, 6.07) is 22.8. The minimum Gasteiger partial charge on any atom is -0.497 e. The Morgan fingerprint density at radius 1 is 1.00 bits per heavy atom. The Bertz CT molecular complexity index is 1320. The molecular formula is C28H28FN3O4. The number of benzene rings is 3. The Morgan fingerprint density at radius 2 is 1.75 bits per heavy atom. The van der Waals surface area contributed by atoms with Crippen LogP contribution in [0.3, 0.4) is 0 Å². The van der Waals surface area contributed by atoms with Crippen LogP contribution in [0.1, 0.15) is 15.9 Å². The van der Waals surface area contributed by atoms with Crippen molar-refractivity contribution in [2.45, 2.75) is 6.54 Å². The Balaban J connectivity index is 1.78. The van der Waals surface area contributed by atoms with Crippen LogP contribution >= 0.6 is 0 Å². The second-order valence-electron chi connectivity index (χ2n) is 8.11. The summed E-state index contributed by atoms with van der Waals surface area (Å²) in [5.41, 5.74) is 2.63. The summed E-state index contributed by atoms with van der Waals surface area (Å²) in [6.45, 7) is 0.830. The lowest BCUT2D eigenvalue weighted by atomic mass is 10.1. The van der Waals surface area contributed by atoms with Gasteiger partial charge in [0.05, 0.1) is 25.8 Å². The number of rotatable bonds is 10. The normalized spacial score (nSPS) is 10.8. The molecule has 4 aromatic rings. The van der Waals surface area contributed by atoms with Gasteiger partial charge >= 0.3 is 0 Å². The van der Waals surface area contributed by atoms with Crippen molar-refractivity contribution >= 4 is 5.91 Å². The van der Waals surface area contributed by atoms with Gasteiger partial charge in [-0.05, 0) is 30.3 Å². The Kier molecular flexibility index (Phi) is 7.97. The van der Waals surface area contributed by atoms with E-state index in [9.17, 15) is 9.18 Å². The van der Waals surface area contributed by atoms with Crippen molar-refractivity contribution in [2.24, 2.45) is 7.05 Å². The van der Waals surface area contributed by atoms with E-state index in [1.807, 2.05) is 30.3 Å². The van der Waals surface area contributed by atoms with E-state index in [4.69, 9.17) is 14.2 Å². The number of aromatic nitrogens is 2. The summed E-state index contributed by atoms with van der Waals surface area (Å²) in [5, 5.41) is 4.68. The molecule has 36 heavy (non-hydrogen) atoms.